The topological polar surface area (TPSA) is 61.8 Å². The number of carbonyl (C=O) groups excluding carboxylic acids is 2. The zero-order valence-electron chi connectivity index (χ0n) is 16.1. The van der Waals surface area contributed by atoms with Crippen molar-refractivity contribution in [2.24, 2.45) is 0 Å². The lowest BCUT2D eigenvalue weighted by atomic mass is 10.00. The first kappa shape index (κ1) is 20.1. The molecule has 0 saturated carbocycles. The number of para-hydroxylation sites is 2. The number of hydrogen-bond acceptors (Lipinski definition) is 5. The predicted molar refractivity (Wildman–Crippen MR) is 109 cm³/mol. The third-order valence-electron chi connectivity index (χ3n) is 4.14. The predicted octanol–water partition coefficient (Wildman–Crippen LogP) is 4.63. The summed E-state index contributed by atoms with van der Waals surface area (Å²) >= 11 is 0. The van der Waals surface area contributed by atoms with E-state index in [4.69, 9.17) is 14.2 Å². The summed E-state index contributed by atoms with van der Waals surface area (Å²) in [6.07, 6.45) is -1.04. The summed E-state index contributed by atoms with van der Waals surface area (Å²) in [6.45, 7) is 2.01. The van der Waals surface area contributed by atoms with Crippen LogP contribution in [0.3, 0.4) is 0 Å². The molecule has 0 aliphatic rings. The fourth-order valence-electron chi connectivity index (χ4n) is 2.80. The van der Waals surface area contributed by atoms with E-state index < -0.39 is 12.1 Å². The fourth-order valence-corrected chi connectivity index (χ4v) is 2.80. The molecular formula is C24H22O5. The molecule has 0 fully saturated rings. The van der Waals surface area contributed by atoms with Crippen LogP contribution in [0.25, 0.3) is 0 Å². The molecule has 1 unspecified atom stereocenters. The van der Waals surface area contributed by atoms with Crippen molar-refractivity contribution in [3.8, 4) is 11.5 Å². The molecule has 0 aromatic heterocycles. The summed E-state index contributed by atoms with van der Waals surface area (Å²) in [7, 11) is 0. The number of hydrogen-bond donors (Lipinski definition) is 0. The Morgan fingerprint density at radius 2 is 1.31 bits per heavy atom. The van der Waals surface area contributed by atoms with Gasteiger partial charge < -0.3 is 14.2 Å². The zero-order valence-corrected chi connectivity index (χ0v) is 16.1. The van der Waals surface area contributed by atoms with Crippen LogP contribution >= 0.6 is 0 Å². The Labute approximate surface area is 169 Å². The van der Waals surface area contributed by atoms with Crippen LogP contribution in [0.5, 0.6) is 11.5 Å². The van der Waals surface area contributed by atoms with Gasteiger partial charge >= 0.3 is 5.97 Å². The smallest absolute Gasteiger partial charge is 0.345 e. The monoisotopic (exact) mass is 390 g/mol. The van der Waals surface area contributed by atoms with Gasteiger partial charge in [0, 0.05) is 11.1 Å². The van der Waals surface area contributed by atoms with E-state index in [0.717, 1.165) is 0 Å². The van der Waals surface area contributed by atoms with Gasteiger partial charge in [-0.15, -0.1) is 0 Å². The summed E-state index contributed by atoms with van der Waals surface area (Å²) in [5.74, 6) is 0.0500. The summed E-state index contributed by atoms with van der Waals surface area (Å²) in [5, 5.41) is 0. The van der Waals surface area contributed by atoms with Crippen LogP contribution in [0.1, 0.15) is 28.9 Å². The van der Waals surface area contributed by atoms with E-state index in [1.54, 1.807) is 66.7 Å². The summed E-state index contributed by atoms with van der Waals surface area (Å²) < 4.78 is 16.6. The van der Waals surface area contributed by atoms with Crippen molar-refractivity contribution in [3.63, 3.8) is 0 Å². The van der Waals surface area contributed by atoms with Crippen molar-refractivity contribution in [1.82, 2.24) is 0 Å². The highest BCUT2D eigenvalue weighted by molar-refractivity contribution is 6.01. The lowest BCUT2D eigenvalue weighted by molar-refractivity contribution is -0.149. The van der Waals surface area contributed by atoms with Gasteiger partial charge in [0.2, 0.25) is 5.78 Å². The molecule has 3 aromatic rings. The van der Waals surface area contributed by atoms with E-state index in [9.17, 15) is 9.59 Å². The molecule has 148 valence electrons. The Hall–Kier alpha value is -3.60. The van der Waals surface area contributed by atoms with Crippen LogP contribution in [-0.2, 0) is 9.53 Å². The van der Waals surface area contributed by atoms with Crippen LogP contribution in [-0.4, -0.2) is 25.0 Å². The van der Waals surface area contributed by atoms with Crippen LogP contribution in [0, 0.1) is 0 Å². The summed E-state index contributed by atoms with van der Waals surface area (Å²) in [4.78, 5) is 25.4. The maximum Gasteiger partial charge on any atom is 0.345 e. The molecule has 0 heterocycles. The van der Waals surface area contributed by atoms with Crippen LogP contribution < -0.4 is 9.47 Å². The first-order valence-electron chi connectivity index (χ1n) is 9.37. The van der Waals surface area contributed by atoms with Gasteiger partial charge in [-0.25, -0.2) is 4.79 Å². The number of carbonyl (C=O) groups is 2. The van der Waals surface area contributed by atoms with E-state index in [-0.39, 0.29) is 12.4 Å². The lowest BCUT2D eigenvalue weighted by Crippen LogP contribution is -2.23. The molecule has 29 heavy (non-hydrogen) atoms. The second kappa shape index (κ2) is 10.1. The fraction of sp³-hybridized carbons (Fsp3) is 0.167. The first-order valence-corrected chi connectivity index (χ1v) is 9.37. The molecule has 0 radical (unpaired) electrons. The molecule has 5 heteroatoms. The van der Waals surface area contributed by atoms with Crippen molar-refractivity contribution in [3.05, 3.63) is 96.1 Å². The molecule has 1 atom stereocenters. The molecule has 0 amide bonds. The molecular weight excluding hydrogens is 368 g/mol. The second-order valence-corrected chi connectivity index (χ2v) is 6.18. The summed E-state index contributed by atoms with van der Waals surface area (Å²) in [5.41, 5.74) is 1.07. The van der Waals surface area contributed by atoms with Crippen LogP contribution in [0.2, 0.25) is 0 Å². The maximum absolute atomic E-state index is 13.0. The van der Waals surface area contributed by atoms with Crippen LogP contribution in [0.15, 0.2) is 84.9 Å². The van der Waals surface area contributed by atoms with Crippen molar-refractivity contribution < 1.29 is 23.8 Å². The largest absolute Gasteiger partial charge is 0.490 e. The van der Waals surface area contributed by atoms with Gasteiger partial charge in [0.25, 0.3) is 0 Å². The number of Topliss-reactive ketones (excluding diaryl/α,β-unsaturated/α-hetero) is 1. The highest BCUT2D eigenvalue weighted by Crippen LogP contribution is 2.27. The minimum absolute atomic E-state index is 0.292. The number of ketones is 1. The Balaban J connectivity index is 1.73. The minimum Gasteiger partial charge on any atom is -0.490 e. The molecule has 3 aromatic carbocycles. The van der Waals surface area contributed by atoms with Gasteiger partial charge in [0.1, 0.15) is 0 Å². The molecule has 0 N–H and O–H groups in total. The lowest BCUT2D eigenvalue weighted by Gasteiger charge is -2.18. The summed E-state index contributed by atoms with van der Waals surface area (Å²) in [6, 6.07) is 24.8. The van der Waals surface area contributed by atoms with Crippen molar-refractivity contribution >= 4 is 11.8 Å². The molecule has 0 bridgehead atoms. The van der Waals surface area contributed by atoms with E-state index in [2.05, 4.69) is 0 Å². The molecule has 0 aliphatic carbocycles. The van der Waals surface area contributed by atoms with Gasteiger partial charge in [-0.1, -0.05) is 72.8 Å². The van der Waals surface area contributed by atoms with Gasteiger partial charge in [0.05, 0.1) is 6.61 Å². The van der Waals surface area contributed by atoms with Gasteiger partial charge in [-0.2, -0.15) is 0 Å². The quantitative estimate of drug-likeness (QED) is 0.394. The van der Waals surface area contributed by atoms with E-state index >= 15 is 0 Å². The van der Waals surface area contributed by atoms with E-state index in [1.165, 1.54) is 0 Å². The SMILES string of the molecule is CCOc1ccccc1OCC(=O)OC(C(=O)c1ccccc1)c1ccccc1. The normalized spacial score (nSPS) is 11.3. The number of rotatable bonds is 9. The Morgan fingerprint density at radius 1 is 0.759 bits per heavy atom. The number of esters is 1. The average molecular weight is 390 g/mol. The maximum atomic E-state index is 13.0. The van der Waals surface area contributed by atoms with Gasteiger partial charge in [0.15, 0.2) is 24.2 Å². The Bertz CT molecular complexity index is 938. The third-order valence-corrected chi connectivity index (χ3v) is 4.14. The van der Waals surface area contributed by atoms with Gasteiger partial charge in [-0.3, -0.25) is 4.79 Å². The number of benzene rings is 3. The highest BCUT2D eigenvalue weighted by Gasteiger charge is 2.26. The highest BCUT2D eigenvalue weighted by atomic mass is 16.6. The second-order valence-electron chi connectivity index (χ2n) is 6.18. The standard InChI is InChI=1S/C24H22O5/c1-2-27-20-15-9-10-16-21(20)28-17-22(25)29-24(19-13-7-4-8-14-19)23(26)18-11-5-3-6-12-18/h3-16,24H,2,17H2,1H3. The molecule has 3 rings (SSSR count). The van der Waals surface area contributed by atoms with Crippen molar-refractivity contribution in [1.29, 1.82) is 0 Å². The van der Waals surface area contributed by atoms with Crippen molar-refractivity contribution in [2.75, 3.05) is 13.2 Å². The molecule has 0 saturated heterocycles. The van der Waals surface area contributed by atoms with Crippen molar-refractivity contribution in [2.45, 2.75) is 13.0 Å². The Kier molecular flexibility index (Phi) is 7.00. The third kappa shape index (κ3) is 5.45. The first-order chi connectivity index (χ1) is 14.2. The van der Waals surface area contributed by atoms with E-state index in [0.29, 0.717) is 29.2 Å². The zero-order chi connectivity index (χ0) is 20.5. The van der Waals surface area contributed by atoms with Crippen LogP contribution in [0.4, 0.5) is 0 Å². The minimum atomic E-state index is -1.04. The Morgan fingerprint density at radius 3 is 1.93 bits per heavy atom. The van der Waals surface area contributed by atoms with Gasteiger partial charge in [-0.05, 0) is 19.1 Å². The van der Waals surface area contributed by atoms with E-state index in [1.807, 2.05) is 25.1 Å². The molecule has 0 spiro atoms. The average Bonchev–Trinajstić information content (AvgIpc) is 2.78. The number of ether oxygens (including phenoxy) is 3. The molecule has 0 aliphatic heterocycles. The molecule has 5 nitrogen and oxygen atoms in total.